The number of anilines is 1. The Balaban J connectivity index is 2.08. The number of aromatic nitrogens is 1. The first-order valence-electron chi connectivity index (χ1n) is 5.92. The standard InChI is InChI=1S/C14H13ClN2O3/c15-12-5-11(14(19)20)6-13(17-12)16-7-9-1-3-10(8-18)4-2-9/h1-6,18H,7-8H2,(H,16,17)(H,19,20). The number of rotatable bonds is 5. The summed E-state index contributed by atoms with van der Waals surface area (Å²) in [4.78, 5) is 14.9. The summed E-state index contributed by atoms with van der Waals surface area (Å²) in [6, 6.07) is 10.1. The Labute approximate surface area is 120 Å². The normalized spacial score (nSPS) is 10.3. The fourth-order valence-corrected chi connectivity index (χ4v) is 1.87. The van der Waals surface area contributed by atoms with E-state index in [1.807, 2.05) is 24.3 Å². The Hall–Kier alpha value is -2.11. The van der Waals surface area contributed by atoms with Crippen LogP contribution in [0.4, 0.5) is 5.82 Å². The third-order valence-corrected chi connectivity index (χ3v) is 2.91. The lowest BCUT2D eigenvalue weighted by Crippen LogP contribution is -2.04. The van der Waals surface area contributed by atoms with Crippen molar-refractivity contribution in [3.8, 4) is 0 Å². The highest BCUT2D eigenvalue weighted by Crippen LogP contribution is 2.15. The maximum absolute atomic E-state index is 10.9. The average Bonchev–Trinajstić information content (AvgIpc) is 2.45. The molecule has 5 nitrogen and oxygen atoms in total. The minimum atomic E-state index is -1.05. The van der Waals surface area contributed by atoms with Gasteiger partial charge in [-0.15, -0.1) is 0 Å². The number of aliphatic hydroxyl groups is 1. The Morgan fingerprint density at radius 2 is 1.85 bits per heavy atom. The average molecular weight is 293 g/mol. The van der Waals surface area contributed by atoms with E-state index in [2.05, 4.69) is 10.3 Å². The minimum absolute atomic E-state index is 0.00549. The summed E-state index contributed by atoms with van der Waals surface area (Å²) in [5, 5.41) is 21.0. The van der Waals surface area contributed by atoms with Crippen molar-refractivity contribution >= 4 is 23.4 Å². The predicted octanol–water partition coefficient (Wildman–Crippen LogP) is 2.54. The minimum Gasteiger partial charge on any atom is -0.478 e. The van der Waals surface area contributed by atoms with Gasteiger partial charge >= 0.3 is 5.97 Å². The van der Waals surface area contributed by atoms with E-state index in [9.17, 15) is 4.79 Å². The summed E-state index contributed by atoms with van der Waals surface area (Å²) in [7, 11) is 0. The molecule has 1 heterocycles. The number of aromatic carboxylic acids is 1. The summed E-state index contributed by atoms with van der Waals surface area (Å²) < 4.78 is 0. The highest BCUT2D eigenvalue weighted by molar-refractivity contribution is 6.29. The Morgan fingerprint density at radius 1 is 1.20 bits per heavy atom. The third-order valence-electron chi connectivity index (χ3n) is 2.72. The lowest BCUT2D eigenvalue weighted by molar-refractivity contribution is 0.0697. The molecule has 0 amide bonds. The third kappa shape index (κ3) is 3.69. The molecule has 0 saturated heterocycles. The van der Waals surface area contributed by atoms with E-state index >= 15 is 0 Å². The highest BCUT2D eigenvalue weighted by atomic mass is 35.5. The second kappa shape index (κ2) is 6.36. The second-order valence-corrected chi connectivity index (χ2v) is 4.58. The summed E-state index contributed by atoms with van der Waals surface area (Å²) >= 11 is 5.77. The molecule has 0 aliphatic carbocycles. The van der Waals surface area contributed by atoms with Crippen LogP contribution in [0.2, 0.25) is 5.15 Å². The SMILES string of the molecule is O=C(O)c1cc(Cl)nc(NCc2ccc(CO)cc2)c1. The fourth-order valence-electron chi connectivity index (χ4n) is 1.67. The van der Waals surface area contributed by atoms with Gasteiger partial charge in [0.2, 0.25) is 0 Å². The first-order chi connectivity index (χ1) is 9.58. The maximum Gasteiger partial charge on any atom is 0.335 e. The summed E-state index contributed by atoms with van der Waals surface area (Å²) in [6.45, 7) is 0.490. The van der Waals surface area contributed by atoms with Crippen LogP contribution < -0.4 is 5.32 Å². The van der Waals surface area contributed by atoms with Gasteiger partial charge in [0.1, 0.15) is 11.0 Å². The molecule has 0 aliphatic rings. The number of nitrogens with one attached hydrogen (secondary N) is 1. The number of carbonyl (C=O) groups is 1. The highest BCUT2D eigenvalue weighted by Gasteiger charge is 2.07. The van der Waals surface area contributed by atoms with Crippen LogP contribution in [0.5, 0.6) is 0 Å². The van der Waals surface area contributed by atoms with Crippen molar-refractivity contribution < 1.29 is 15.0 Å². The summed E-state index contributed by atoms with van der Waals surface area (Å²) in [5.41, 5.74) is 1.91. The molecule has 0 aliphatic heterocycles. The van der Waals surface area contributed by atoms with Gasteiger partial charge in [0.25, 0.3) is 0 Å². The zero-order valence-electron chi connectivity index (χ0n) is 10.5. The number of pyridine rings is 1. The first kappa shape index (κ1) is 14.3. The van der Waals surface area contributed by atoms with E-state index in [0.29, 0.717) is 12.4 Å². The second-order valence-electron chi connectivity index (χ2n) is 4.20. The molecule has 20 heavy (non-hydrogen) atoms. The molecule has 2 rings (SSSR count). The number of benzene rings is 1. The summed E-state index contributed by atoms with van der Waals surface area (Å²) in [6.07, 6.45) is 0. The Kier molecular flexibility index (Phi) is 4.55. The van der Waals surface area contributed by atoms with Gasteiger partial charge in [-0.1, -0.05) is 35.9 Å². The molecular weight excluding hydrogens is 280 g/mol. The molecule has 0 unspecified atom stereocenters. The van der Waals surface area contributed by atoms with Crippen LogP contribution >= 0.6 is 11.6 Å². The molecule has 2 aromatic rings. The van der Waals surface area contributed by atoms with E-state index in [0.717, 1.165) is 11.1 Å². The zero-order chi connectivity index (χ0) is 14.5. The van der Waals surface area contributed by atoms with Crippen molar-refractivity contribution in [3.05, 3.63) is 58.2 Å². The Morgan fingerprint density at radius 3 is 2.45 bits per heavy atom. The quantitative estimate of drug-likeness (QED) is 0.738. The predicted molar refractivity (Wildman–Crippen MR) is 75.9 cm³/mol. The van der Waals surface area contributed by atoms with Crippen LogP contribution in [0.1, 0.15) is 21.5 Å². The topological polar surface area (TPSA) is 82.5 Å². The maximum atomic E-state index is 10.9. The fraction of sp³-hybridized carbons (Fsp3) is 0.143. The molecule has 0 atom stereocenters. The molecule has 6 heteroatoms. The van der Waals surface area contributed by atoms with Crippen LogP contribution in [0.15, 0.2) is 36.4 Å². The lowest BCUT2D eigenvalue weighted by Gasteiger charge is -2.07. The van der Waals surface area contributed by atoms with Gasteiger partial charge in [0, 0.05) is 6.54 Å². The van der Waals surface area contributed by atoms with Crippen molar-refractivity contribution in [3.63, 3.8) is 0 Å². The lowest BCUT2D eigenvalue weighted by atomic mass is 10.1. The first-order valence-corrected chi connectivity index (χ1v) is 6.29. The van der Waals surface area contributed by atoms with Crippen molar-refractivity contribution in [1.29, 1.82) is 0 Å². The van der Waals surface area contributed by atoms with Gasteiger partial charge in [0.05, 0.1) is 12.2 Å². The number of aliphatic hydroxyl groups excluding tert-OH is 1. The van der Waals surface area contributed by atoms with E-state index < -0.39 is 5.97 Å². The molecule has 0 bridgehead atoms. The van der Waals surface area contributed by atoms with Crippen LogP contribution in [0, 0.1) is 0 Å². The van der Waals surface area contributed by atoms with Gasteiger partial charge in [-0.3, -0.25) is 0 Å². The molecule has 0 fully saturated rings. The Bertz CT molecular complexity index is 614. The largest absolute Gasteiger partial charge is 0.478 e. The molecule has 0 spiro atoms. The number of carboxylic acids is 1. The van der Waals surface area contributed by atoms with Crippen molar-refractivity contribution in [2.24, 2.45) is 0 Å². The van der Waals surface area contributed by atoms with E-state index in [4.69, 9.17) is 21.8 Å². The molecule has 0 radical (unpaired) electrons. The van der Waals surface area contributed by atoms with Crippen LogP contribution in [-0.4, -0.2) is 21.2 Å². The zero-order valence-corrected chi connectivity index (χ0v) is 11.3. The van der Waals surface area contributed by atoms with E-state index in [1.165, 1.54) is 12.1 Å². The van der Waals surface area contributed by atoms with E-state index in [-0.39, 0.29) is 17.3 Å². The molecule has 0 saturated carbocycles. The number of hydrogen-bond acceptors (Lipinski definition) is 4. The van der Waals surface area contributed by atoms with Gasteiger partial charge in [-0.25, -0.2) is 9.78 Å². The summed E-state index contributed by atoms with van der Waals surface area (Å²) in [5.74, 6) is -0.647. The van der Waals surface area contributed by atoms with Crippen molar-refractivity contribution in [1.82, 2.24) is 4.98 Å². The molecule has 104 valence electrons. The van der Waals surface area contributed by atoms with Gasteiger partial charge in [-0.2, -0.15) is 0 Å². The molecule has 3 N–H and O–H groups in total. The van der Waals surface area contributed by atoms with Gasteiger partial charge in [0.15, 0.2) is 0 Å². The smallest absolute Gasteiger partial charge is 0.335 e. The van der Waals surface area contributed by atoms with E-state index in [1.54, 1.807) is 0 Å². The number of nitrogens with zero attached hydrogens (tertiary/aromatic N) is 1. The molecule has 1 aromatic carbocycles. The van der Waals surface area contributed by atoms with Crippen LogP contribution in [-0.2, 0) is 13.2 Å². The molecular formula is C14H13ClN2O3. The van der Waals surface area contributed by atoms with Gasteiger partial charge in [-0.05, 0) is 23.3 Å². The molecule has 1 aromatic heterocycles. The number of hydrogen-bond donors (Lipinski definition) is 3. The van der Waals surface area contributed by atoms with Gasteiger partial charge < -0.3 is 15.5 Å². The number of carboxylic acid groups (broad SMARTS) is 1. The monoisotopic (exact) mass is 292 g/mol. The van der Waals surface area contributed by atoms with Crippen molar-refractivity contribution in [2.75, 3.05) is 5.32 Å². The van der Waals surface area contributed by atoms with Crippen molar-refractivity contribution in [2.45, 2.75) is 13.2 Å². The number of halogens is 1. The van der Waals surface area contributed by atoms with Crippen LogP contribution in [0.25, 0.3) is 0 Å². The van der Waals surface area contributed by atoms with Crippen LogP contribution in [0.3, 0.4) is 0 Å².